The van der Waals surface area contributed by atoms with Crippen molar-refractivity contribution in [3.63, 3.8) is 0 Å². The fourth-order valence-electron chi connectivity index (χ4n) is 4.49. The summed E-state index contributed by atoms with van der Waals surface area (Å²) < 4.78 is 5.47. The van der Waals surface area contributed by atoms with Crippen LogP contribution in [0.3, 0.4) is 0 Å². The van der Waals surface area contributed by atoms with E-state index in [4.69, 9.17) is 14.7 Å². The number of thioether (sulfide) groups is 1. The number of likely N-dealkylation sites (N-methyl/N-ethyl adjacent to an activating group) is 1. The summed E-state index contributed by atoms with van der Waals surface area (Å²) in [7, 11) is 0. The molecular formula is C29H33N7O2S. The van der Waals surface area contributed by atoms with E-state index < -0.39 is 0 Å². The summed E-state index contributed by atoms with van der Waals surface area (Å²) in [6.45, 7) is 8.81. The van der Waals surface area contributed by atoms with Gasteiger partial charge in [0.2, 0.25) is 0 Å². The second-order valence-electron chi connectivity index (χ2n) is 9.28. The van der Waals surface area contributed by atoms with Crippen LogP contribution < -0.4 is 10.2 Å². The number of carbonyl (C=O) groups excluding carboxylic acids is 1. The summed E-state index contributed by atoms with van der Waals surface area (Å²) in [5, 5.41) is 3.87. The van der Waals surface area contributed by atoms with E-state index in [0.717, 1.165) is 84.6 Å². The molecular weight excluding hydrogens is 510 g/mol. The molecule has 0 aliphatic carbocycles. The monoisotopic (exact) mass is 543 g/mol. The Balaban J connectivity index is 1.29. The number of aromatic nitrogens is 4. The largest absolute Gasteiger partial charge is 0.379 e. The number of morpholine rings is 1. The Morgan fingerprint density at radius 3 is 2.74 bits per heavy atom. The predicted molar refractivity (Wildman–Crippen MR) is 155 cm³/mol. The lowest BCUT2D eigenvalue weighted by Crippen LogP contribution is -2.41. The Morgan fingerprint density at radius 2 is 1.92 bits per heavy atom. The molecule has 1 amide bonds. The number of nitrogens with one attached hydrogen (secondary N) is 1. The third-order valence-electron chi connectivity index (χ3n) is 6.76. The molecule has 9 nitrogen and oxygen atoms in total. The van der Waals surface area contributed by atoms with Crippen molar-refractivity contribution in [3.8, 4) is 11.4 Å². The summed E-state index contributed by atoms with van der Waals surface area (Å²) in [6.07, 6.45) is 7.06. The Labute approximate surface area is 233 Å². The van der Waals surface area contributed by atoms with E-state index in [1.165, 1.54) is 0 Å². The molecule has 10 heteroatoms. The van der Waals surface area contributed by atoms with Gasteiger partial charge in [-0.25, -0.2) is 9.97 Å². The van der Waals surface area contributed by atoms with E-state index in [2.05, 4.69) is 38.1 Å². The van der Waals surface area contributed by atoms with Crippen LogP contribution in [0, 0.1) is 0 Å². The highest BCUT2D eigenvalue weighted by Crippen LogP contribution is 2.22. The zero-order chi connectivity index (χ0) is 27.0. The molecule has 39 heavy (non-hydrogen) atoms. The molecule has 1 aliphatic heterocycles. The van der Waals surface area contributed by atoms with Gasteiger partial charge < -0.3 is 15.0 Å². The fraction of sp³-hybridized carbons (Fsp3) is 0.345. The summed E-state index contributed by atoms with van der Waals surface area (Å²) in [4.78, 5) is 36.8. The average Bonchev–Trinajstić information content (AvgIpc) is 3.00. The van der Waals surface area contributed by atoms with Crippen LogP contribution in [-0.4, -0.2) is 82.9 Å². The van der Waals surface area contributed by atoms with Crippen LogP contribution in [0.1, 0.15) is 23.0 Å². The Hall–Kier alpha value is -3.60. The number of ether oxygens (including phenoxy) is 1. The Kier molecular flexibility index (Phi) is 8.97. The van der Waals surface area contributed by atoms with Crippen molar-refractivity contribution in [3.05, 3.63) is 72.3 Å². The molecule has 0 unspecified atom stereocenters. The zero-order valence-electron chi connectivity index (χ0n) is 22.3. The molecule has 4 aromatic heterocycles. The molecule has 0 aromatic carbocycles. The van der Waals surface area contributed by atoms with Crippen LogP contribution >= 0.6 is 11.8 Å². The van der Waals surface area contributed by atoms with Crippen molar-refractivity contribution in [2.75, 3.05) is 57.1 Å². The third-order valence-corrected chi connectivity index (χ3v) is 7.46. The van der Waals surface area contributed by atoms with Gasteiger partial charge in [0.1, 0.15) is 5.82 Å². The van der Waals surface area contributed by atoms with Gasteiger partial charge in [-0.2, -0.15) is 0 Å². The number of hydrogen-bond acceptors (Lipinski definition) is 9. The lowest BCUT2D eigenvalue weighted by Gasteiger charge is -2.30. The lowest BCUT2D eigenvalue weighted by atomic mass is 10.2. The summed E-state index contributed by atoms with van der Waals surface area (Å²) in [6, 6.07) is 13.8. The SMILES string of the molecule is CCN(CCN1CCOCC1)c1cccc(-c2ccc3cnc(CNC(=O)c4cncc(SC)c4)cc3n2)n1. The number of nitrogens with zero attached hydrogens (tertiary/aromatic N) is 6. The van der Waals surface area contributed by atoms with Gasteiger partial charge in [-0.05, 0) is 49.6 Å². The number of rotatable bonds is 10. The van der Waals surface area contributed by atoms with Crippen LogP contribution in [0.15, 0.2) is 66.0 Å². The van der Waals surface area contributed by atoms with E-state index in [0.29, 0.717) is 12.1 Å². The van der Waals surface area contributed by atoms with Gasteiger partial charge in [0.05, 0.1) is 47.9 Å². The molecule has 4 aromatic rings. The first-order valence-electron chi connectivity index (χ1n) is 13.2. The lowest BCUT2D eigenvalue weighted by molar-refractivity contribution is 0.0392. The highest BCUT2D eigenvalue weighted by molar-refractivity contribution is 7.98. The maximum atomic E-state index is 12.6. The molecule has 0 bridgehead atoms. The molecule has 1 N–H and O–H groups in total. The Bertz CT molecular complexity index is 1430. The molecule has 0 spiro atoms. The molecule has 0 atom stereocenters. The summed E-state index contributed by atoms with van der Waals surface area (Å²) in [5.41, 5.74) is 3.70. The summed E-state index contributed by atoms with van der Waals surface area (Å²) in [5.74, 6) is 0.764. The Morgan fingerprint density at radius 1 is 1.08 bits per heavy atom. The zero-order valence-corrected chi connectivity index (χ0v) is 23.2. The quantitative estimate of drug-likeness (QED) is 0.299. The van der Waals surface area contributed by atoms with Gasteiger partial charge in [0, 0.05) is 61.6 Å². The van der Waals surface area contributed by atoms with Crippen molar-refractivity contribution >= 4 is 34.4 Å². The first kappa shape index (κ1) is 27.0. The highest BCUT2D eigenvalue weighted by Gasteiger charge is 2.14. The molecule has 0 radical (unpaired) electrons. The number of carbonyl (C=O) groups is 1. The topological polar surface area (TPSA) is 96.4 Å². The van der Waals surface area contributed by atoms with E-state index in [1.54, 1.807) is 30.4 Å². The molecule has 1 saturated heterocycles. The first-order valence-corrected chi connectivity index (χ1v) is 14.4. The van der Waals surface area contributed by atoms with Gasteiger partial charge in [0.15, 0.2) is 0 Å². The van der Waals surface area contributed by atoms with Crippen LogP contribution in [0.5, 0.6) is 0 Å². The molecule has 1 fully saturated rings. The predicted octanol–water partition coefficient (Wildman–Crippen LogP) is 3.90. The molecule has 5 rings (SSSR count). The fourth-order valence-corrected chi connectivity index (χ4v) is 4.90. The number of fused-ring (bicyclic) bond motifs is 1. The smallest absolute Gasteiger partial charge is 0.253 e. The minimum atomic E-state index is -0.183. The van der Waals surface area contributed by atoms with E-state index in [9.17, 15) is 4.79 Å². The molecule has 5 heterocycles. The van der Waals surface area contributed by atoms with Crippen molar-refractivity contribution in [1.82, 2.24) is 30.2 Å². The van der Waals surface area contributed by atoms with Gasteiger partial charge in [-0.1, -0.05) is 6.07 Å². The second kappa shape index (κ2) is 13.0. The summed E-state index contributed by atoms with van der Waals surface area (Å²) >= 11 is 1.55. The highest BCUT2D eigenvalue weighted by atomic mass is 32.2. The maximum absolute atomic E-state index is 12.6. The third kappa shape index (κ3) is 6.89. The van der Waals surface area contributed by atoms with E-state index >= 15 is 0 Å². The van der Waals surface area contributed by atoms with Crippen molar-refractivity contribution in [2.45, 2.75) is 18.4 Å². The maximum Gasteiger partial charge on any atom is 0.253 e. The normalized spacial score (nSPS) is 13.9. The number of pyridine rings is 4. The number of anilines is 1. The van der Waals surface area contributed by atoms with Crippen LogP contribution in [0.4, 0.5) is 5.82 Å². The van der Waals surface area contributed by atoms with Crippen LogP contribution in [-0.2, 0) is 11.3 Å². The number of hydrogen-bond donors (Lipinski definition) is 1. The average molecular weight is 544 g/mol. The molecule has 202 valence electrons. The molecule has 0 saturated carbocycles. The van der Waals surface area contributed by atoms with Crippen molar-refractivity contribution in [1.29, 1.82) is 0 Å². The van der Waals surface area contributed by atoms with E-state index in [1.807, 2.05) is 42.7 Å². The minimum absolute atomic E-state index is 0.183. The van der Waals surface area contributed by atoms with Crippen molar-refractivity contribution in [2.24, 2.45) is 0 Å². The standard InChI is InChI=1S/C29H33N7O2S/c1-3-36(10-9-35-11-13-38-14-12-35)28-6-4-5-25(34-28)26-8-7-21-18-31-23(16-27(21)33-26)19-32-29(37)22-15-24(39-2)20-30-17-22/h4-8,15-18,20H,3,9-14,19H2,1-2H3,(H,32,37). The van der Waals surface area contributed by atoms with Crippen LogP contribution in [0.2, 0.25) is 0 Å². The van der Waals surface area contributed by atoms with E-state index in [-0.39, 0.29) is 5.91 Å². The minimum Gasteiger partial charge on any atom is -0.379 e. The van der Waals surface area contributed by atoms with Gasteiger partial charge in [-0.15, -0.1) is 11.8 Å². The number of amides is 1. The van der Waals surface area contributed by atoms with Crippen LogP contribution in [0.25, 0.3) is 22.3 Å². The van der Waals surface area contributed by atoms with Gasteiger partial charge >= 0.3 is 0 Å². The molecule has 1 aliphatic rings. The second-order valence-corrected chi connectivity index (χ2v) is 10.2. The van der Waals surface area contributed by atoms with Gasteiger partial charge in [-0.3, -0.25) is 19.7 Å². The van der Waals surface area contributed by atoms with Gasteiger partial charge in [0.25, 0.3) is 5.91 Å². The van der Waals surface area contributed by atoms with Crippen molar-refractivity contribution < 1.29 is 9.53 Å². The first-order chi connectivity index (χ1) is 19.1.